The van der Waals surface area contributed by atoms with E-state index in [1.165, 1.54) is 5.56 Å². The molecule has 0 bridgehead atoms. The number of nitrogens with one attached hydrogen (secondary N) is 2. The molecule has 37 heavy (non-hydrogen) atoms. The minimum atomic E-state index is 0.567. The van der Waals surface area contributed by atoms with Crippen molar-refractivity contribution in [2.24, 2.45) is 0 Å². The van der Waals surface area contributed by atoms with Crippen LogP contribution in [0.1, 0.15) is 23.2 Å². The van der Waals surface area contributed by atoms with Crippen LogP contribution in [0, 0.1) is 13.8 Å². The van der Waals surface area contributed by atoms with Crippen LogP contribution in [0.5, 0.6) is 11.6 Å². The molecule has 1 aliphatic heterocycles. The zero-order valence-corrected chi connectivity index (χ0v) is 21.3. The van der Waals surface area contributed by atoms with E-state index in [0.29, 0.717) is 17.4 Å². The zero-order chi connectivity index (χ0) is 25.2. The van der Waals surface area contributed by atoms with Crippen LogP contribution in [-0.4, -0.2) is 31.7 Å². The van der Waals surface area contributed by atoms with Gasteiger partial charge in [0.1, 0.15) is 22.3 Å². The second kappa shape index (κ2) is 9.94. The highest BCUT2D eigenvalue weighted by Gasteiger charge is 2.18. The van der Waals surface area contributed by atoms with Gasteiger partial charge in [0.15, 0.2) is 5.82 Å². The quantitative estimate of drug-likeness (QED) is 0.266. The fourth-order valence-corrected chi connectivity index (χ4v) is 5.09. The molecule has 0 saturated carbocycles. The maximum Gasteiger partial charge on any atom is 0.227 e. The van der Waals surface area contributed by atoms with Gasteiger partial charge in [-0.05, 0) is 86.3 Å². The van der Waals surface area contributed by atoms with E-state index in [2.05, 4.69) is 35.8 Å². The van der Waals surface area contributed by atoms with Crippen molar-refractivity contribution in [3.8, 4) is 33.5 Å². The van der Waals surface area contributed by atoms with Gasteiger partial charge in [-0.1, -0.05) is 0 Å². The number of aryl methyl sites for hydroxylation is 2. The van der Waals surface area contributed by atoms with Crippen molar-refractivity contribution in [3.63, 3.8) is 0 Å². The second-order valence-corrected chi connectivity index (χ2v) is 9.74. The number of hydrogen-bond acceptors (Lipinski definition) is 9. The molecule has 8 nitrogen and oxygen atoms in total. The van der Waals surface area contributed by atoms with Crippen LogP contribution in [0.4, 0.5) is 17.3 Å². The Kier molecular flexibility index (Phi) is 6.20. The van der Waals surface area contributed by atoms with E-state index >= 15 is 0 Å². The molecule has 4 aromatic heterocycles. The third-order valence-corrected chi connectivity index (χ3v) is 7.15. The number of aromatic nitrogens is 5. The number of fused-ring (bicyclic) bond motifs is 1. The molecule has 0 radical (unpaired) electrons. The fraction of sp³-hybridized carbons (Fsp3) is 0.179. The number of thiazole rings is 1. The molecule has 9 heteroatoms. The van der Waals surface area contributed by atoms with Gasteiger partial charge < -0.3 is 15.4 Å². The maximum atomic E-state index is 6.24. The Morgan fingerprint density at radius 2 is 1.86 bits per heavy atom. The van der Waals surface area contributed by atoms with Crippen molar-refractivity contribution < 1.29 is 4.74 Å². The summed E-state index contributed by atoms with van der Waals surface area (Å²) in [5.41, 5.74) is 6.90. The first-order valence-electron chi connectivity index (χ1n) is 12.1. The van der Waals surface area contributed by atoms with E-state index in [1.807, 2.05) is 74.0 Å². The average molecular weight is 508 g/mol. The predicted molar refractivity (Wildman–Crippen MR) is 147 cm³/mol. The van der Waals surface area contributed by atoms with E-state index < -0.39 is 0 Å². The lowest BCUT2D eigenvalue weighted by Gasteiger charge is -2.20. The zero-order valence-electron chi connectivity index (χ0n) is 20.5. The highest BCUT2D eigenvalue weighted by molar-refractivity contribution is 7.13. The van der Waals surface area contributed by atoms with E-state index in [9.17, 15) is 0 Å². The van der Waals surface area contributed by atoms with E-state index in [1.54, 1.807) is 17.5 Å². The molecule has 5 heterocycles. The van der Waals surface area contributed by atoms with Crippen LogP contribution in [0.25, 0.3) is 21.8 Å². The second-order valence-electron chi connectivity index (χ2n) is 8.88. The van der Waals surface area contributed by atoms with Crippen LogP contribution >= 0.6 is 11.3 Å². The van der Waals surface area contributed by atoms with E-state index in [4.69, 9.17) is 4.74 Å². The number of rotatable bonds is 6. The largest absolute Gasteiger partial charge is 0.438 e. The summed E-state index contributed by atoms with van der Waals surface area (Å²) in [6.07, 6.45) is 5.64. The molecule has 0 saturated heterocycles. The van der Waals surface area contributed by atoms with Crippen molar-refractivity contribution >= 4 is 28.7 Å². The molecule has 0 spiro atoms. The number of anilines is 3. The Labute approximate surface area is 218 Å². The van der Waals surface area contributed by atoms with Gasteiger partial charge in [0.2, 0.25) is 5.88 Å². The fourth-order valence-electron chi connectivity index (χ4n) is 4.34. The molecular weight excluding hydrogens is 482 g/mol. The Bertz CT molecular complexity index is 1570. The third kappa shape index (κ3) is 4.85. The van der Waals surface area contributed by atoms with Gasteiger partial charge in [-0.15, -0.1) is 21.5 Å². The SMILES string of the molecule is Cc1csc(-c2cc(C)c(Nc3ccc(Oc4ncccc4-c4ccnc5c4CCCN5)cc3)nn2)n1. The normalized spacial score (nSPS) is 12.5. The lowest BCUT2D eigenvalue weighted by molar-refractivity contribution is 0.465. The molecule has 0 amide bonds. The smallest absolute Gasteiger partial charge is 0.227 e. The van der Waals surface area contributed by atoms with E-state index in [0.717, 1.165) is 64.0 Å². The highest BCUT2D eigenvalue weighted by Crippen LogP contribution is 2.37. The van der Waals surface area contributed by atoms with Crippen LogP contribution in [0.2, 0.25) is 0 Å². The summed E-state index contributed by atoms with van der Waals surface area (Å²) < 4.78 is 6.24. The summed E-state index contributed by atoms with van der Waals surface area (Å²) >= 11 is 1.57. The number of ether oxygens (including phenoxy) is 1. The molecular formula is C28H25N7OS. The van der Waals surface area contributed by atoms with Crippen molar-refractivity contribution in [1.82, 2.24) is 25.1 Å². The number of hydrogen-bond donors (Lipinski definition) is 2. The van der Waals surface area contributed by atoms with Crippen LogP contribution in [0.15, 0.2) is 66.3 Å². The molecule has 5 aromatic rings. The maximum absolute atomic E-state index is 6.24. The minimum absolute atomic E-state index is 0.567. The van der Waals surface area contributed by atoms with E-state index in [-0.39, 0.29) is 0 Å². The van der Waals surface area contributed by atoms with Gasteiger partial charge in [0.25, 0.3) is 0 Å². The monoisotopic (exact) mass is 507 g/mol. The Morgan fingerprint density at radius 3 is 2.68 bits per heavy atom. The van der Waals surface area contributed by atoms with Crippen LogP contribution < -0.4 is 15.4 Å². The molecule has 0 atom stereocenters. The molecule has 0 unspecified atom stereocenters. The van der Waals surface area contributed by atoms with Crippen LogP contribution in [-0.2, 0) is 6.42 Å². The molecule has 1 aromatic carbocycles. The Balaban J connectivity index is 1.20. The summed E-state index contributed by atoms with van der Waals surface area (Å²) in [5, 5.41) is 18.4. The van der Waals surface area contributed by atoms with Gasteiger partial charge in [0, 0.05) is 46.8 Å². The third-order valence-electron chi connectivity index (χ3n) is 6.17. The summed E-state index contributed by atoms with van der Waals surface area (Å²) in [4.78, 5) is 13.5. The van der Waals surface area contributed by atoms with Crippen molar-refractivity contribution in [3.05, 3.63) is 83.1 Å². The summed E-state index contributed by atoms with van der Waals surface area (Å²) in [7, 11) is 0. The minimum Gasteiger partial charge on any atom is -0.438 e. The average Bonchev–Trinajstić information content (AvgIpc) is 3.37. The number of pyridine rings is 2. The Hall–Kier alpha value is -4.37. The molecule has 1 aliphatic rings. The summed E-state index contributed by atoms with van der Waals surface area (Å²) in [6.45, 7) is 4.93. The van der Waals surface area contributed by atoms with Crippen molar-refractivity contribution in [1.29, 1.82) is 0 Å². The lowest BCUT2D eigenvalue weighted by atomic mass is 9.96. The predicted octanol–water partition coefficient (Wildman–Crippen LogP) is 6.57. The number of benzene rings is 1. The van der Waals surface area contributed by atoms with Gasteiger partial charge in [0.05, 0.1) is 0 Å². The van der Waals surface area contributed by atoms with Crippen molar-refractivity contribution in [2.45, 2.75) is 26.7 Å². The summed E-state index contributed by atoms with van der Waals surface area (Å²) in [5.74, 6) is 2.91. The lowest BCUT2D eigenvalue weighted by Crippen LogP contribution is -2.14. The Morgan fingerprint density at radius 1 is 0.973 bits per heavy atom. The highest BCUT2D eigenvalue weighted by atomic mass is 32.1. The first kappa shape index (κ1) is 23.1. The number of nitrogens with zero attached hydrogens (tertiary/aromatic N) is 5. The van der Waals surface area contributed by atoms with Gasteiger partial charge in [-0.2, -0.15) is 0 Å². The van der Waals surface area contributed by atoms with Crippen molar-refractivity contribution in [2.75, 3.05) is 17.2 Å². The van der Waals surface area contributed by atoms with Gasteiger partial charge in [-0.25, -0.2) is 15.0 Å². The van der Waals surface area contributed by atoms with Gasteiger partial charge in [-0.3, -0.25) is 0 Å². The molecule has 2 N–H and O–H groups in total. The first-order valence-corrected chi connectivity index (χ1v) is 13.0. The molecule has 0 aliphatic carbocycles. The van der Waals surface area contributed by atoms with Crippen LogP contribution in [0.3, 0.4) is 0 Å². The molecule has 184 valence electrons. The molecule has 0 fully saturated rings. The molecule has 6 rings (SSSR count). The first-order chi connectivity index (χ1) is 18.1. The summed E-state index contributed by atoms with van der Waals surface area (Å²) in [6, 6.07) is 15.8. The van der Waals surface area contributed by atoms with Gasteiger partial charge >= 0.3 is 0 Å². The topological polar surface area (TPSA) is 97.7 Å². The standard InChI is InChI=1S/C28H25N7OS/c1-17-15-24(28-32-18(2)16-37-28)34-35-25(17)33-19-7-9-20(10-8-19)36-27-23(6-4-13-31-27)21-11-14-30-26-22(21)5-3-12-29-26/h4,6-11,13-16H,3,5,12H2,1-2H3,(H,29,30)(H,33,35).